The third kappa shape index (κ3) is 3.19. The second-order valence-corrected chi connectivity index (χ2v) is 6.61. The van der Waals surface area contributed by atoms with Gasteiger partial charge in [-0.1, -0.05) is 30.1 Å². The Labute approximate surface area is 145 Å². The van der Waals surface area contributed by atoms with Crippen molar-refractivity contribution in [2.24, 2.45) is 0 Å². The van der Waals surface area contributed by atoms with E-state index in [0.717, 1.165) is 29.8 Å². The van der Waals surface area contributed by atoms with Crippen molar-refractivity contribution in [2.75, 3.05) is 0 Å². The molecule has 1 aliphatic carbocycles. The molecule has 0 amide bonds. The second kappa shape index (κ2) is 6.40. The fraction of sp³-hybridized carbons (Fsp3) is 0.444. The molecule has 4 rings (SSSR count). The fourth-order valence-corrected chi connectivity index (χ4v) is 3.45. The van der Waals surface area contributed by atoms with E-state index < -0.39 is 0 Å². The first-order valence-electron chi connectivity index (χ1n) is 8.60. The van der Waals surface area contributed by atoms with Crippen molar-refractivity contribution in [1.29, 1.82) is 0 Å². The van der Waals surface area contributed by atoms with Crippen LogP contribution in [0.3, 0.4) is 0 Å². The van der Waals surface area contributed by atoms with Gasteiger partial charge in [0, 0.05) is 26.0 Å². The Morgan fingerprint density at radius 2 is 1.96 bits per heavy atom. The monoisotopic (exact) mass is 339 g/mol. The molecule has 2 aromatic heterocycles. The standard InChI is InChI=1S/C18H21N5O2/c1-12-20-17(23-25-12)18(8-3-4-9-18)19-11-14-6-5-7-15(10-14)16-22-21-13(2)24-16/h5-7,10,19H,3-4,8-9,11H2,1-2H3. The van der Waals surface area contributed by atoms with Crippen LogP contribution in [-0.2, 0) is 12.1 Å². The lowest BCUT2D eigenvalue weighted by atomic mass is 9.96. The van der Waals surface area contributed by atoms with Crippen molar-refractivity contribution in [1.82, 2.24) is 25.7 Å². The molecule has 7 nitrogen and oxygen atoms in total. The first-order valence-corrected chi connectivity index (χ1v) is 8.60. The summed E-state index contributed by atoms with van der Waals surface area (Å²) in [6.07, 6.45) is 4.38. The molecular formula is C18H21N5O2. The Kier molecular flexibility index (Phi) is 4.09. The number of aromatic nitrogens is 4. The molecule has 1 aliphatic rings. The van der Waals surface area contributed by atoms with Crippen LogP contribution in [0.5, 0.6) is 0 Å². The van der Waals surface area contributed by atoms with E-state index in [1.165, 1.54) is 12.8 Å². The van der Waals surface area contributed by atoms with Gasteiger partial charge in [0.1, 0.15) is 0 Å². The zero-order valence-corrected chi connectivity index (χ0v) is 14.5. The molecule has 0 unspecified atom stereocenters. The van der Waals surface area contributed by atoms with E-state index in [4.69, 9.17) is 8.94 Å². The number of aryl methyl sites for hydroxylation is 2. The molecule has 0 spiro atoms. The van der Waals surface area contributed by atoms with E-state index in [1.807, 2.05) is 19.1 Å². The van der Waals surface area contributed by atoms with E-state index in [1.54, 1.807) is 6.92 Å². The summed E-state index contributed by atoms with van der Waals surface area (Å²) in [4.78, 5) is 4.47. The molecule has 1 saturated carbocycles. The summed E-state index contributed by atoms with van der Waals surface area (Å²) in [5, 5.41) is 15.8. The van der Waals surface area contributed by atoms with Gasteiger partial charge in [0.25, 0.3) is 0 Å². The van der Waals surface area contributed by atoms with Gasteiger partial charge < -0.3 is 14.3 Å². The molecule has 0 atom stereocenters. The van der Waals surface area contributed by atoms with E-state index in [-0.39, 0.29) is 5.54 Å². The third-order valence-electron chi connectivity index (χ3n) is 4.74. The highest BCUT2D eigenvalue weighted by molar-refractivity contribution is 5.53. The molecule has 7 heteroatoms. The SMILES string of the molecule is Cc1nc(C2(NCc3cccc(-c4nnc(C)o4)c3)CCCC2)no1. The number of nitrogens with one attached hydrogen (secondary N) is 1. The van der Waals surface area contributed by atoms with E-state index in [9.17, 15) is 0 Å². The Bertz CT molecular complexity index is 864. The summed E-state index contributed by atoms with van der Waals surface area (Å²) in [5.41, 5.74) is 1.88. The van der Waals surface area contributed by atoms with Crippen LogP contribution in [0.1, 0.15) is 48.9 Å². The number of nitrogens with zero attached hydrogens (tertiary/aromatic N) is 4. The molecule has 3 aromatic rings. The summed E-state index contributed by atoms with van der Waals surface area (Å²) in [6.45, 7) is 4.34. The molecule has 1 aromatic carbocycles. The maximum atomic E-state index is 5.52. The Balaban J connectivity index is 1.54. The van der Waals surface area contributed by atoms with Crippen LogP contribution in [0.2, 0.25) is 0 Å². The van der Waals surface area contributed by atoms with Crippen LogP contribution in [0.15, 0.2) is 33.2 Å². The molecule has 0 aliphatic heterocycles. The Morgan fingerprint density at radius 1 is 1.12 bits per heavy atom. The van der Waals surface area contributed by atoms with Crippen LogP contribution in [0.25, 0.3) is 11.5 Å². The second-order valence-electron chi connectivity index (χ2n) is 6.61. The van der Waals surface area contributed by atoms with Gasteiger partial charge in [-0.25, -0.2) is 0 Å². The van der Waals surface area contributed by atoms with E-state index in [0.29, 0.717) is 24.2 Å². The molecule has 1 fully saturated rings. The van der Waals surface area contributed by atoms with Crippen molar-refractivity contribution in [2.45, 2.75) is 51.6 Å². The van der Waals surface area contributed by atoms with Crippen LogP contribution in [0.4, 0.5) is 0 Å². The van der Waals surface area contributed by atoms with E-state index >= 15 is 0 Å². The van der Waals surface area contributed by atoms with E-state index in [2.05, 4.69) is 37.8 Å². The van der Waals surface area contributed by atoms with Gasteiger partial charge in [0.15, 0.2) is 5.82 Å². The summed E-state index contributed by atoms with van der Waals surface area (Å²) in [6, 6.07) is 8.14. The molecule has 2 heterocycles. The lowest BCUT2D eigenvalue weighted by Gasteiger charge is -2.27. The highest BCUT2D eigenvalue weighted by atomic mass is 16.5. The topological polar surface area (TPSA) is 89.9 Å². The quantitative estimate of drug-likeness (QED) is 0.762. The third-order valence-corrected chi connectivity index (χ3v) is 4.74. The van der Waals surface area contributed by atoms with Gasteiger partial charge in [-0.05, 0) is 30.5 Å². The number of hydrogen-bond donors (Lipinski definition) is 1. The van der Waals surface area contributed by atoms with Crippen molar-refractivity contribution < 1.29 is 8.94 Å². The van der Waals surface area contributed by atoms with Crippen LogP contribution >= 0.6 is 0 Å². The lowest BCUT2D eigenvalue weighted by Crippen LogP contribution is -2.40. The minimum Gasteiger partial charge on any atom is -0.421 e. The molecule has 0 saturated heterocycles. The van der Waals surface area contributed by atoms with Gasteiger partial charge in [-0.3, -0.25) is 0 Å². The molecule has 1 N–H and O–H groups in total. The number of rotatable bonds is 5. The zero-order chi connectivity index (χ0) is 17.3. The van der Waals surface area contributed by atoms with Gasteiger partial charge in [-0.2, -0.15) is 4.98 Å². The number of benzene rings is 1. The highest BCUT2D eigenvalue weighted by Crippen LogP contribution is 2.37. The zero-order valence-electron chi connectivity index (χ0n) is 14.5. The summed E-state index contributed by atoms with van der Waals surface area (Å²) < 4.78 is 10.7. The van der Waals surface area contributed by atoms with Crippen molar-refractivity contribution in [3.8, 4) is 11.5 Å². The van der Waals surface area contributed by atoms with Gasteiger partial charge in [-0.15, -0.1) is 10.2 Å². The first-order chi connectivity index (χ1) is 12.1. The minimum atomic E-state index is -0.200. The van der Waals surface area contributed by atoms with Crippen LogP contribution < -0.4 is 5.32 Å². The van der Waals surface area contributed by atoms with Crippen molar-refractivity contribution >= 4 is 0 Å². The lowest BCUT2D eigenvalue weighted by molar-refractivity contribution is 0.298. The largest absolute Gasteiger partial charge is 0.421 e. The predicted octanol–water partition coefficient (Wildman–Crippen LogP) is 3.30. The maximum absolute atomic E-state index is 5.52. The summed E-state index contributed by atoms with van der Waals surface area (Å²) >= 11 is 0. The van der Waals surface area contributed by atoms with Crippen molar-refractivity contribution in [3.63, 3.8) is 0 Å². The van der Waals surface area contributed by atoms with Gasteiger partial charge >= 0.3 is 0 Å². The average molecular weight is 339 g/mol. The minimum absolute atomic E-state index is 0.200. The van der Waals surface area contributed by atoms with Crippen molar-refractivity contribution in [3.05, 3.63) is 47.4 Å². The highest BCUT2D eigenvalue weighted by Gasteiger charge is 2.39. The molecule has 0 bridgehead atoms. The van der Waals surface area contributed by atoms with Gasteiger partial charge in [0.2, 0.25) is 17.7 Å². The van der Waals surface area contributed by atoms with Gasteiger partial charge in [0.05, 0.1) is 5.54 Å². The van der Waals surface area contributed by atoms with Crippen LogP contribution in [0, 0.1) is 13.8 Å². The smallest absolute Gasteiger partial charge is 0.247 e. The normalized spacial score (nSPS) is 16.4. The first kappa shape index (κ1) is 16.0. The number of hydrogen-bond acceptors (Lipinski definition) is 7. The summed E-state index contributed by atoms with van der Waals surface area (Å²) in [5.74, 6) is 2.49. The van der Waals surface area contributed by atoms with Crippen LogP contribution in [-0.4, -0.2) is 20.3 Å². The maximum Gasteiger partial charge on any atom is 0.247 e. The summed E-state index contributed by atoms with van der Waals surface area (Å²) in [7, 11) is 0. The predicted molar refractivity (Wildman–Crippen MR) is 90.5 cm³/mol. The molecule has 0 radical (unpaired) electrons. The molecule has 130 valence electrons. The molecule has 25 heavy (non-hydrogen) atoms. The Hall–Kier alpha value is -2.54. The molecular weight excluding hydrogens is 318 g/mol. The fourth-order valence-electron chi connectivity index (χ4n) is 3.45. The Morgan fingerprint density at radius 3 is 2.64 bits per heavy atom. The average Bonchev–Trinajstić information content (AvgIpc) is 3.35.